The third kappa shape index (κ3) is 3.29. The van der Waals surface area contributed by atoms with Crippen LogP contribution in [0.3, 0.4) is 0 Å². The summed E-state index contributed by atoms with van der Waals surface area (Å²) in [6.07, 6.45) is 0.598. The molecule has 0 aliphatic rings. The molecular formula is C14H20FNO. The molecular weight excluding hydrogens is 217 g/mol. The van der Waals surface area contributed by atoms with Gasteiger partial charge in [-0.15, -0.1) is 0 Å². The summed E-state index contributed by atoms with van der Waals surface area (Å²) in [5.74, 6) is 0.00655. The summed E-state index contributed by atoms with van der Waals surface area (Å²) in [7, 11) is 0. The van der Waals surface area contributed by atoms with E-state index in [1.54, 1.807) is 12.1 Å². The first-order chi connectivity index (χ1) is 7.97. The van der Waals surface area contributed by atoms with Crippen molar-refractivity contribution in [1.82, 2.24) is 0 Å². The molecule has 0 fully saturated rings. The van der Waals surface area contributed by atoms with Crippen LogP contribution in [0, 0.1) is 11.7 Å². The van der Waals surface area contributed by atoms with Gasteiger partial charge < -0.3 is 4.90 Å². The Morgan fingerprint density at radius 3 is 2.41 bits per heavy atom. The van der Waals surface area contributed by atoms with E-state index in [1.807, 2.05) is 13.8 Å². The summed E-state index contributed by atoms with van der Waals surface area (Å²) in [6.45, 7) is 9.11. The van der Waals surface area contributed by atoms with Crippen molar-refractivity contribution in [1.29, 1.82) is 0 Å². The Bertz CT molecular complexity index is 388. The lowest BCUT2D eigenvalue weighted by Gasteiger charge is -2.31. The number of anilines is 1. The molecule has 0 atom stereocenters. The number of benzene rings is 1. The number of rotatable bonds is 5. The van der Waals surface area contributed by atoms with Crippen LogP contribution >= 0.6 is 0 Å². The average Bonchev–Trinajstić information content (AvgIpc) is 2.25. The third-order valence-electron chi connectivity index (χ3n) is 2.64. The van der Waals surface area contributed by atoms with Crippen LogP contribution in [0.4, 0.5) is 10.1 Å². The lowest BCUT2D eigenvalue weighted by atomic mass is 10.1. The number of aldehydes is 1. The predicted octanol–water partition coefficient (Wildman–Crippen LogP) is 3.51. The van der Waals surface area contributed by atoms with E-state index in [4.69, 9.17) is 0 Å². The zero-order valence-electron chi connectivity index (χ0n) is 10.9. The van der Waals surface area contributed by atoms with Crippen LogP contribution in [-0.4, -0.2) is 18.9 Å². The van der Waals surface area contributed by atoms with Gasteiger partial charge in [0.15, 0.2) is 6.29 Å². The fourth-order valence-electron chi connectivity index (χ4n) is 1.87. The summed E-state index contributed by atoms with van der Waals surface area (Å²) in [4.78, 5) is 13.1. The van der Waals surface area contributed by atoms with Crippen molar-refractivity contribution >= 4 is 12.0 Å². The SMILES string of the molecule is CC(C)CN(c1cccc(F)c1C=O)C(C)C. The molecule has 1 aromatic carbocycles. The van der Waals surface area contributed by atoms with Gasteiger partial charge >= 0.3 is 0 Å². The summed E-state index contributed by atoms with van der Waals surface area (Å²) < 4.78 is 13.6. The Balaban J connectivity index is 3.18. The summed E-state index contributed by atoms with van der Waals surface area (Å²) in [5.41, 5.74) is 0.838. The minimum Gasteiger partial charge on any atom is -0.368 e. The standard InChI is InChI=1S/C14H20FNO/c1-10(2)8-16(11(3)4)14-7-5-6-13(15)12(14)9-17/h5-7,9-11H,8H2,1-4H3. The van der Waals surface area contributed by atoms with E-state index in [2.05, 4.69) is 18.7 Å². The molecule has 0 heterocycles. The van der Waals surface area contributed by atoms with Gasteiger partial charge in [-0.1, -0.05) is 19.9 Å². The number of carbonyl (C=O) groups is 1. The fourth-order valence-corrected chi connectivity index (χ4v) is 1.87. The van der Waals surface area contributed by atoms with E-state index >= 15 is 0 Å². The highest BCUT2D eigenvalue weighted by molar-refractivity contribution is 5.85. The van der Waals surface area contributed by atoms with Gasteiger partial charge in [0, 0.05) is 12.6 Å². The van der Waals surface area contributed by atoms with Crippen LogP contribution in [-0.2, 0) is 0 Å². The van der Waals surface area contributed by atoms with Crippen LogP contribution in [0.25, 0.3) is 0 Å². The average molecular weight is 237 g/mol. The first kappa shape index (κ1) is 13.7. The van der Waals surface area contributed by atoms with Crippen molar-refractivity contribution in [3.63, 3.8) is 0 Å². The van der Waals surface area contributed by atoms with Gasteiger partial charge in [0.25, 0.3) is 0 Å². The van der Waals surface area contributed by atoms with Gasteiger partial charge in [0.2, 0.25) is 0 Å². The molecule has 3 heteroatoms. The topological polar surface area (TPSA) is 20.3 Å². The Kier molecular flexibility index (Phi) is 4.67. The molecule has 1 rings (SSSR count). The number of carbonyl (C=O) groups excluding carboxylic acids is 1. The number of hydrogen-bond donors (Lipinski definition) is 0. The Morgan fingerprint density at radius 1 is 1.29 bits per heavy atom. The molecule has 2 nitrogen and oxygen atoms in total. The van der Waals surface area contributed by atoms with Gasteiger partial charge in [-0.05, 0) is 31.9 Å². The number of hydrogen-bond acceptors (Lipinski definition) is 2. The highest BCUT2D eigenvalue weighted by Gasteiger charge is 2.17. The smallest absolute Gasteiger partial charge is 0.155 e. The summed E-state index contributed by atoms with van der Waals surface area (Å²) in [5, 5.41) is 0. The predicted molar refractivity (Wildman–Crippen MR) is 69.1 cm³/mol. The molecule has 17 heavy (non-hydrogen) atoms. The molecule has 1 aromatic rings. The first-order valence-corrected chi connectivity index (χ1v) is 5.97. The van der Waals surface area contributed by atoms with Crippen LogP contribution in [0.5, 0.6) is 0 Å². The van der Waals surface area contributed by atoms with Crippen molar-refractivity contribution in [3.05, 3.63) is 29.6 Å². The molecule has 0 amide bonds. The van der Waals surface area contributed by atoms with E-state index in [1.165, 1.54) is 6.07 Å². The molecule has 94 valence electrons. The normalized spacial score (nSPS) is 11.0. The van der Waals surface area contributed by atoms with Crippen LogP contribution in [0.15, 0.2) is 18.2 Å². The molecule has 0 spiro atoms. The maximum atomic E-state index is 13.6. The van der Waals surface area contributed by atoms with Gasteiger partial charge in [-0.25, -0.2) is 4.39 Å². The minimum atomic E-state index is -0.452. The second kappa shape index (κ2) is 5.80. The fraction of sp³-hybridized carbons (Fsp3) is 0.500. The van der Waals surface area contributed by atoms with E-state index in [9.17, 15) is 9.18 Å². The highest BCUT2D eigenvalue weighted by atomic mass is 19.1. The monoisotopic (exact) mass is 237 g/mol. The Hall–Kier alpha value is -1.38. The molecule has 0 N–H and O–H groups in total. The number of nitrogens with zero attached hydrogens (tertiary/aromatic N) is 1. The Morgan fingerprint density at radius 2 is 1.94 bits per heavy atom. The van der Waals surface area contributed by atoms with Crippen molar-refractivity contribution in [2.45, 2.75) is 33.7 Å². The largest absolute Gasteiger partial charge is 0.368 e. The lowest BCUT2D eigenvalue weighted by molar-refractivity contribution is 0.112. The van der Waals surface area contributed by atoms with Gasteiger partial charge in [0.05, 0.1) is 11.3 Å². The van der Waals surface area contributed by atoms with Gasteiger partial charge in [0.1, 0.15) is 5.82 Å². The van der Waals surface area contributed by atoms with Gasteiger partial charge in [-0.3, -0.25) is 4.79 Å². The maximum absolute atomic E-state index is 13.6. The second-order valence-corrected chi connectivity index (χ2v) is 4.93. The molecule has 0 aliphatic carbocycles. The molecule has 0 aliphatic heterocycles. The van der Waals surface area contributed by atoms with Crippen LogP contribution < -0.4 is 4.90 Å². The molecule has 0 aromatic heterocycles. The van der Waals surface area contributed by atoms with Crippen molar-refractivity contribution in [3.8, 4) is 0 Å². The van der Waals surface area contributed by atoms with Gasteiger partial charge in [-0.2, -0.15) is 0 Å². The lowest BCUT2D eigenvalue weighted by Crippen LogP contribution is -2.35. The molecule has 0 saturated carbocycles. The van der Waals surface area contributed by atoms with E-state index in [-0.39, 0.29) is 11.6 Å². The molecule has 0 saturated heterocycles. The third-order valence-corrected chi connectivity index (χ3v) is 2.64. The summed E-state index contributed by atoms with van der Waals surface area (Å²) in [6, 6.07) is 5.00. The van der Waals surface area contributed by atoms with Crippen molar-refractivity contribution < 1.29 is 9.18 Å². The van der Waals surface area contributed by atoms with Crippen LogP contribution in [0.1, 0.15) is 38.1 Å². The van der Waals surface area contributed by atoms with Crippen molar-refractivity contribution in [2.75, 3.05) is 11.4 Å². The second-order valence-electron chi connectivity index (χ2n) is 4.93. The summed E-state index contributed by atoms with van der Waals surface area (Å²) >= 11 is 0. The quantitative estimate of drug-likeness (QED) is 0.730. The first-order valence-electron chi connectivity index (χ1n) is 5.97. The zero-order chi connectivity index (χ0) is 13.0. The Labute approximate surface area is 102 Å². The maximum Gasteiger partial charge on any atom is 0.155 e. The molecule has 0 unspecified atom stereocenters. The zero-order valence-corrected chi connectivity index (χ0v) is 10.9. The van der Waals surface area contributed by atoms with E-state index in [0.29, 0.717) is 17.9 Å². The van der Waals surface area contributed by atoms with E-state index < -0.39 is 5.82 Å². The minimum absolute atomic E-state index is 0.154. The van der Waals surface area contributed by atoms with E-state index in [0.717, 1.165) is 6.54 Å². The number of halogens is 1. The highest BCUT2D eigenvalue weighted by Crippen LogP contribution is 2.24. The van der Waals surface area contributed by atoms with Crippen molar-refractivity contribution in [2.24, 2.45) is 5.92 Å². The molecule has 0 radical (unpaired) electrons. The molecule has 0 bridgehead atoms. The van der Waals surface area contributed by atoms with Crippen LogP contribution in [0.2, 0.25) is 0 Å².